The predicted molar refractivity (Wildman–Crippen MR) is 76.5 cm³/mol. The number of amides is 1. The van der Waals surface area contributed by atoms with E-state index in [1.807, 2.05) is 0 Å². The van der Waals surface area contributed by atoms with Crippen molar-refractivity contribution in [3.63, 3.8) is 0 Å². The number of halogens is 1. The molecule has 1 aliphatic heterocycles. The van der Waals surface area contributed by atoms with Gasteiger partial charge >= 0.3 is 0 Å². The molecular weight excluding hydrogens is 278 g/mol. The van der Waals surface area contributed by atoms with Crippen LogP contribution in [-0.4, -0.2) is 18.3 Å². The second-order valence-electron chi connectivity index (χ2n) is 5.36. The number of hydrogen-bond donors (Lipinski definition) is 1. The Labute approximate surface area is 122 Å². The third-order valence-corrected chi connectivity index (χ3v) is 4.26. The van der Waals surface area contributed by atoms with Crippen LogP contribution in [-0.2, 0) is 4.79 Å². The summed E-state index contributed by atoms with van der Waals surface area (Å²) in [5.74, 6) is 0.476. The van der Waals surface area contributed by atoms with E-state index in [0.717, 1.165) is 25.7 Å². The zero-order chi connectivity index (χ0) is 14.1. The Balaban J connectivity index is 1.89. The van der Waals surface area contributed by atoms with Gasteiger partial charge in [0.25, 0.3) is 5.91 Å². The summed E-state index contributed by atoms with van der Waals surface area (Å²) in [6.45, 7) is -0.0221. The van der Waals surface area contributed by atoms with Gasteiger partial charge < -0.3 is 10.1 Å². The van der Waals surface area contributed by atoms with E-state index in [1.54, 1.807) is 12.1 Å². The molecule has 0 aromatic heterocycles. The Hall–Kier alpha value is -1.55. The van der Waals surface area contributed by atoms with Gasteiger partial charge in [-0.15, -0.1) is 0 Å². The first-order valence-electron chi connectivity index (χ1n) is 6.95. The lowest BCUT2D eigenvalue weighted by atomic mass is 9.84. The minimum absolute atomic E-state index is 0.0221. The summed E-state index contributed by atoms with van der Waals surface area (Å²) in [5.41, 5.74) is 1.04. The van der Waals surface area contributed by atoms with Crippen LogP contribution >= 0.6 is 11.6 Å². The molecule has 1 N–H and O–H groups in total. The van der Waals surface area contributed by atoms with Gasteiger partial charge in [-0.2, -0.15) is 0 Å². The lowest BCUT2D eigenvalue weighted by Gasteiger charge is -2.23. The second kappa shape index (κ2) is 5.44. The molecule has 1 saturated carbocycles. The van der Waals surface area contributed by atoms with Crippen molar-refractivity contribution in [2.75, 3.05) is 11.9 Å². The maximum absolute atomic E-state index is 12.5. The van der Waals surface area contributed by atoms with Gasteiger partial charge in [-0.3, -0.25) is 9.59 Å². The Morgan fingerprint density at radius 2 is 2.00 bits per heavy atom. The number of rotatable bonds is 2. The van der Waals surface area contributed by atoms with E-state index >= 15 is 0 Å². The summed E-state index contributed by atoms with van der Waals surface area (Å²) in [4.78, 5) is 23.8. The van der Waals surface area contributed by atoms with Crippen molar-refractivity contribution in [3.8, 4) is 5.75 Å². The molecule has 1 aromatic rings. The van der Waals surface area contributed by atoms with Crippen LogP contribution in [0.4, 0.5) is 5.69 Å². The van der Waals surface area contributed by atoms with Crippen LogP contribution in [0.15, 0.2) is 12.1 Å². The molecule has 0 bridgehead atoms. The van der Waals surface area contributed by atoms with Crippen molar-refractivity contribution in [1.29, 1.82) is 0 Å². The number of ketones is 1. The van der Waals surface area contributed by atoms with Gasteiger partial charge in [0.1, 0.15) is 5.75 Å². The summed E-state index contributed by atoms with van der Waals surface area (Å²) < 4.78 is 5.35. The van der Waals surface area contributed by atoms with E-state index < -0.39 is 0 Å². The Morgan fingerprint density at radius 1 is 1.25 bits per heavy atom. The fourth-order valence-corrected chi connectivity index (χ4v) is 3.13. The maximum atomic E-state index is 12.5. The molecule has 0 atom stereocenters. The molecule has 0 unspecified atom stereocenters. The van der Waals surface area contributed by atoms with Crippen molar-refractivity contribution < 1.29 is 14.3 Å². The quantitative estimate of drug-likeness (QED) is 0.850. The summed E-state index contributed by atoms with van der Waals surface area (Å²) in [5, 5.41) is 3.07. The average Bonchev–Trinajstić information content (AvgIpc) is 2.46. The fraction of sp³-hybridized carbons (Fsp3) is 0.467. The molecule has 0 radical (unpaired) electrons. The van der Waals surface area contributed by atoms with E-state index in [-0.39, 0.29) is 24.2 Å². The van der Waals surface area contributed by atoms with E-state index in [2.05, 4.69) is 5.32 Å². The summed E-state index contributed by atoms with van der Waals surface area (Å²) in [6, 6.07) is 3.26. The lowest BCUT2D eigenvalue weighted by molar-refractivity contribution is -0.118. The number of Topliss-reactive ketones (excluding diaryl/α,β-unsaturated/α-hetero) is 1. The highest BCUT2D eigenvalue weighted by Crippen LogP contribution is 2.36. The maximum Gasteiger partial charge on any atom is 0.262 e. The molecule has 1 fully saturated rings. The van der Waals surface area contributed by atoms with Gasteiger partial charge in [-0.1, -0.05) is 30.9 Å². The average molecular weight is 294 g/mol. The molecule has 2 aliphatic rings. The molecule has 1 aromatic carbocycles. The summed E-state index contributed by atoms with van der Waals surface area (Å²) >= 11 is 6.20. The molecule has 1 heterocycles. The first-order chi connectivity index (χ1) is 9.65. The van der Waals surface area contributed by atoms with Gasteiger partial charge in [-0.25, -0.2) is 0 Å². The standard InChI is InChI=1S/C15H16ClNO3/c16-11-7-12-13(20-8-14(18)17-12)6-10(11)15(19)9-4-2-1-3-5-9/h6-7,9H,1-5,8H2,(H,17,18). The van der Waals surface area contributed by atoms with Crippen LogP contribution in [0, 0.1) is 5.92 Å². The van der Waals surface area contributed by atoms with Crippen molar-refractivity contribution in [1.82, 2.24) is 0 Å². The molecule has 1 aliphatic carbocycles. The fourth-order valence-electron chi connectivity index (χ4n) is 2.87. The Morgan fingerprint density at radius 3 is 2.75 bits per heavy atom. The van der Waals surface area contributed by atoms with E-state index in [9.17, 15) is 9.59 Å². The molecule has 106 valence electrons. The third kappa shape index (κ3) is 2.52. The topological polar surface area (TPSA) is 55.4 Å². The number of nitrogens with one attached hydrogen (secondary N) is 1. The van der Waals surface area contributed by atoms with E-state index in [4.69, 9.17) is 16.3 Å². The van der Waals surface area contributed by atoms with Crippen LogP contribution < -0.4 is 10.1 Å². The first kappa shape index (κ1) is 13.4. The molecule has 3 rings (SSSR count). The number of benzene rings is 1. The minimum Gasteiger partial charge on any atom is -0.482 e. The second-order valence-corrected chi connectivity index (χ2v) is 5.77. The lowest BCUT2D eigenvalue weighted by Crippen LogP contribution is -2.26. The van der Waals surface area contributed by atoms with Crippen molar-refractivity contribution >= 4 is 29.0 Å². The smallest absolute Gasteiger partial charge is 0.262 e. The highest BCUT2D eigenvalue weighted by molar-refractivity contribution is 6.34. The van der Waals surface area contributed by atoms with Crippen molar-refractivity contribution in [2.45, 2.75) is 32.1 Å². The first-order valence-corrected chi connectivity index (χ1v) is 7.33. The van der Waals surface area contributed by atoms with E-state index in [1.165, 1.54) is 6.42 Å². The number of carbonyl (C=O) groups excluding carboxylic acids is 2. The molecule has 5 heteroatoms. The largest absolute Gasteiger partial charge is 0.482 e. The van der Waals surface area contributed by atoms with Gasteiger partial charge in [0.05, 0.1) is 10.7 Å². The SMILES string of the molecule is O=C1COc2cc(C(=O)C3CCCCC3)c(Cl)cc2N1. The highest BCUT2D eigenvalue weighted by Gasteiger charge is 2.26. The molecule has 0 spiro atoms. The molecule has 4 nitrogen and oxygen atoms in total. The van der Waals surface area contributed by atoms with Crippen LogP contribution in [0.2, 0.25) is 5.02 Å². The van der Waals surface area contributed by atoms with Crippen LogP contribution in [0.25, 0.3) is 0 Å². The number of carbonyl (C=O) groups is 2. The molecule has 20 heavy (non-hydrogen) atoms. The van der Waals surface area contributed by atoms with Gasteiger partial charge in [0.2, 0.25) is 0 Å². The number of anilines is 1. The molecule has 1 amide bonds. The van der Waals surface area contributed by atoms with Crippen LogP contribution in [0.3, 0.4) is 0 Å². The number of fused-ring (bicyclic) bond motifs is 1. The number of hydrogen-bond acceptors (Lipinski definition) is 3. The van der Waals surface area contributed by atoms with Gasteiger partial charge in [-0.05, 0) is 25.0 Å². The van der Waals surface area contributed by atoms with Crippen molar-refractivity contribution in [3.05, 3.63) is 22.7 Å². The predicted octanol–water partition coefficient (Wildman–Crippen LogP) is 3.43. The molecule has 0 saturated heterocycles. The van der Waals surface area contributed by atoms with Crippen LogP contribution in [0.1, 0.15) is 42.5 Å². The number of ether oxygens (including phenoxy) is 1. The van der Waals surface area contributed by atoms with Crippen molar-refractivity contribution in [2.24, 2.45) is 5.92 Å². The minimum atomic E-state index is -0.208. The third-order valence-electron chi connectivity index (χ3n) is 3.94. The summed E-state index contributed by atoms with van der Waals surface area (Å²) in [6.07, 6.45) is 5.28. The van der Waals surface area contributed by atoms with E-state index in [0.29, 0.717) is 22.0 Å². The normalized spacial score (nSPS) is 18.9. The van der Waals surface area contributed by atoms with Gasteiger partial charge in [0, 0.05) is 11.5 Å². The zero-order valence-corrected chi connectivity index (χ0v) is 11.8. The zero-order valence-electron chi connectivity index (χ0n) is 11.1. The monoisotopic (exact) mass is 293 g/mol. The Kier molecular flexibility index (Phi) is 3.66. The Bertz CT molecular complexity index is 564. The van der Waals surface area contributed by atoms with Crippen LogP contribution in [0.5, 0.6) is 5.75 Å². The highest BCUT2D eigenvalue weighted by atomic mass is 35.5. The molecular formula is C15H16ClNO3. The van der Waals surface area contributed by atoms with Gasteiger partial charge in [0.15, 0.2) is 12.4 Å². The summed E-state index contributed by atoms with van der Waals surface area (Å²) in [7, 11) is 0.